The van der Waals surface area contributed by atoms with Crippen molar-refractivity contribution in [3.8, 4) is 0 Å². The largest absolute Gasteiger partial charge is 4.00 e. The van der Waals surface area contributed by atoms with Crippen molar-refractivity contribution in [3.05, 3.63) is 4.91 Å². The van der Waals surface area contributed by atoms with Crippen LogP contribution < -0.4 is 48.3 Å². The smallest absolute Gasteiger partial charge is 1.00 e. The van der Waals surface area contributed by atoms with Crippen molar-refractivity contribution in [2.24, 2.45) is 11.1 Å². The molecule has 11 N–H and O–H groups in total. The van der Waals surface area contributed by atoms with Crippen LogP contribution in [0.15, 0.2) is 5.34 Å². The molecule has 0 unspecified atom stereocenters. The van der Waals surface area contributed by atoms with Crippen molar-refractivity contribution >= 4 is 6.03 Å². The second-order valence-electron chi connectivity index (χ2n) is 0.558. The molecule has 0 aromatic rings. The predicted molar refractivity (Wildman–Crippen MR) is 32.1 cm³/mol. The van der Waals surface area contributed by atoms with E-state index < -0.39 is 6.03 Å². The van der Waals surface area contributed by atoms with Crippen molar-refractivity contribution in [1.29, 1.82) is 0 Å². The predicted octanol–water partition coefficient (Wildman–Crippen LogP) is -6.48. The maximum atomic E-state index is 9.23. The van der Waals surface area contributed by atoms with Crippen LogP contribution in [0.4, 0.5) is 4.79 Å². The zero-order valence-electron chi connectivity index (χ0n) is 6.22. The van der Waals surface area contributed by atoms with E-state index in [1.807, 2.05) is 0 Å². The normalized spacial score (nSPS) is 3.46. The summed E-state index contributed by atoms with van der Waals surface area (Å²) >= 11 is 0. The molecule has 0 aliphatic carbocycles. The number of hydroxylamine groups is 1. The van der Waals surface area contributed by atoms with E-state index >= 15 is 0 Å². The first-order valence-corrected chi connectivity index (χ1v) is 1.35. The van der Waals surface area contributed by atoms with E-state index in [4.69, 9.17) is 15.3 Å². The maximum Gasteiger partial charge on any atom is 4.00 e. The van der Waals surface area contributed by atoms with Gasteiger partial charge < -0.3 is 48.1 Å². The second-order valence-corrected chi connectivity index (χ2v) is 0.558. The standard InChI is InChI=1S/CH4N2O2.2ClH.HNO2.2H3N.Pt/c2-1(4)3-5;;;2-1-3;;;/h5H,(H3,2,3,4);2*1H;(H,2,3);2*1H3;/q;;;;;;+4/p-2. The Morgan fingerprint density at radius 1 is 1.31 bits per heavy atom. The Morgan fingerprint density at radius 2 is 1.38 bits per heavy atom. The Kier molecular flexibility index (Phi) is 242. The van der Waals surface area contributed by atoms with Gasteiger partial charge >= 0.3 is 27.1 Å². The third-order valence-electron chi connectivity index (χ3n) is 0.110. The van der Waals surface area contributed by atoms with Gasteiger partial charge in [0.1, 0.15) is 0 Å². The van der Waals surface area contributed by atoms with E-state index in [1.54, 1.807) is 0 Å². The van der Waals surface area contributed by atoms with Crippen LogP contribution in [0.25, 0.3) is 0 Å². The fourth-order valence-corrected chi connectivity index (χ4v) is 0. The second kappa shape index (κ2) is 59.6. The molecule has 0 fully saturated rings. The number of primary amides is 1. The molecule has 0 atom stereocenters. The number of carbonyl (C=O) groups excluding carboxylic acids is 1. The summed E-state index contributed by atoms with van der Waals surface area (Å²) in [4.78, 5) is 17.3. The van der Waals surface area contributed by atoms with Crippen LogP contribution in [-0.4, -0.2) is 16.4 Å². The summed E-state index contributed by atoms with van der Waals surface area (Å²) in [6, 6.07) is -0.940. The van der Waals surface area contributed by atoms with Crippen molar-refractivity contribution in [2.75, 3.05) is 0 Å². The molecule has 2 amide bonds. The molecule has 0 aromatic heterocycles. The molecule has 0 aliphatic rings. The minimum atomic E-state index is -0.940. The van der Waals surface area contributed by atoms with Gasteiger partial charge in [0.05, 0.1) is 0 Å². The number of urea groups is 1. The summed E-state index contributed by atoms with van der Waals surface area (Å²) in [5.41, 5.74) is 5.46. The topological polar surface area (TPSA) is 195 Å². The van der Waals surface area contributed by atoms with E-state index in [-0.39, 0.29) is 58.2 Å². The molecule has 86 valence electrons. The van der Waals surface area contributed by atoms with Gasteiger partial charge in [0.15, 0.2) is 5.34 Å². The first kappa shape index (κ1) is 52.9. The van der Waals surface area contributed by atoms with Gasteiger partial charge in [-0.3, -0.25) is 5.21 Å². The SMILES string of the molecule is N.N.NC(=O)NO.O=NO.[Cl-].[Cl-].[Pt+4]. The molecule has 12 heteroatoms. The Bertz CT molecular complexity index is 86.9. The number of halogens is 2. The quantitative estimate of drug-likeness (QED) is 0.127. The number of rotatable bonds is 0. The molecule has 0 saturated carbocycles. The van der Waals surface area contributed by atoms with Crippen molar-refractivity contribution in [1.82, 2.24) is 17.8 Å². The van der Waals surface area contributed by atoms with Crippen LogP contribution in [-0.2, 0) is 21.1 Å². The molecule has 0 radical (unpaired) electrons. The third-order valence-corrected chi connectivity index (χ3v) is 0.110. The van der Waals surface area contributed by atoms with Crippen LogP contribution >= 0.6 is 0 Å². The first-order valence-electron chi connectivity index (χ1n) is 1.35. The molecule has 0 heterocycles. The Morgan fingerprint density at radius 3 is 1.38 bits per heavy atom. The van der Waals surface area contributed by atoms with E-state index in [2.05, 4.69) is 5.73 Å². The van der Waals surface area contributed by atoms with E-state index in [0.717, 1.165) is 0 Å². The Balaban J connectivity index is -0.00000000840. The van der Waals surface area contributed by atoms with Gasteiger partial charge in [-0.05, 0) is 0 Å². The molecular weight excluding hydrogens is 412 g/mol. The minimum absolute atomic E-state index is 0. The molecular formula is CH11Cl2N5O4Pt+2. The zero-order chi connectivity index (χ0) is 6.99. The molecule has 0 bridgehead atoms. The van der Waals surface area contributed by atoms with Crippen LogP contribution in [0.3, 0.4) is 0 Å². The molecule has 0 spiro atoms. The molecule has 0 saturated heterocycles. The van der Waals surface area contributed by atoms with Crippen LogP contribution in [0.5, 0.6) is 0 Å². The summed E-state index contributed by atoms with van der Waals surface area (Å²) < 4.78 is 0. The summed E-state index contributed by atoms with van der Waals surface area (Å²) in [6.07, 6.45) is 0. The summed E-state index contributed by atoms with van der Waals surface area (Å²) in [6.45, 7) is 0. The number of nitrogens with zero attached hydrogens (tertiary/aromatic N) is 1. The number of carbonyl (C=O) groups is 1. The molecule has 9 nitrogen and oxygen atoms in total. The van der Waals surface area contributed by atoms with Gasteiger partial charge in [-0.1, -0.05) is 0 Å². The van der Waals surface area contributed by atoms with Gasteiger partial charge in [0.25, 0.3) is 0 Å². The van der Waals surface area contributed by atoms with Crippen LogP contribution in [0, 0.1) is 4.91 Å². The van der Waals surface area contributed by atoms with Gasteiger partial charge in [-0.2, -0.15) is 0 Å². The average molecular weight is 423 g/mol. The summed E-state index contributed by atoms with van der Waals surface area (Å²) in [5.74, 6) is 0. The fourth-order valence-electron chi connectivity index (χ4n) is 0. The number of nitrogens with one attached hydrogen (secondary N) is 1. The summed E-state index contributed by atoms with van der Waals surface area (Å²) in [5, 5.41) is 15.3. The van der Waals surface area contributed by atoms with Crippen molar-refractivity contribution < 1.29 is 61.1 Å². The number of nitrogens with two attached hydrogens (primary N) is 1. The fraction of sp³-hybridized carbons (Fsp3) is 0. The summed E-state index contributed by atoms with van der Waals surface area (Å²) in [7, 11) is 0. The van der Waals surface area contributed by atoms with E-state index in [1.165, 1.54) is 10.8 Å². The maximum absolute atomic E-state index is 9.23. The zero-order valence-corrected chi connectivity index (χ0v) is 10.0. The van der Waals surface area contributed by atoms with Crippen LogP contribution in [0.1, 0.15) is 0 Å². The van der Waals surface area contributed by atoms with Gasteiger partial charge in [-0.15, -0.1) is 4.91 Å². The van der Waals surface area contributed by atoms with Crippen LogP contribution in [0.2, 0.25) is 0 Å². The monoisotopic (exact) mass is 422 g/mol. The number of hydrogen-bond acceptors (Lipinski definition) is 6. The molecule has 0 rings (SSSR count). The van der Waals surface area contributed by atoms with Gasteiger partial charge in [0, 0.05) is 0 Å². The van der Waals surface area contributed by atoms with Crippen molar-refractivity contribution in [2.45, 2.75) is 0 Å². The Hall–Kier alpha value is -0.182. The van der Waals surface area contributed by atoms with Crippen molar-refractivity contribution in [3.63, 3.8) is 0 Å². The minimum Gasteiger partial charge on any atom is -1.00 e. The average Bonchev–Trinajstić information content (AvgIpc) is 1.69. The number of hydrogen-bond donors (Lipinski definition) is 6. The first-order chi connectivity index (χ1) is 3.68. The number of amides is 2. The van der Waals surface area contributed by atoms with Gasteiger partial charge in [0.2, 0.25) is 0 Å². The van der Waals surface area contributed by atoms with Gasteiger partial charge in [-0.25, -0.2) is 10.3 Å². The molecule has 13 heavy (non-hydrogen) atoms. The van der Waals surface area contributed by atoms with E-state index in [0.29, 0.717) is 0 Å². The molecule has 0 aliphatic heterocycles. The van der Waals surface area contributed by atoms with E-state index in [9.17, 15) is 4.79 Å². The third kappa shape index (κ3) is 345. The molecule has 0 aromatic carbocycles. The Labute approximate surface area is 101 Å².